The molecule has 0 amide bonds. The van der Waals surface area contributed by atoms with Crippen molar-refractivity contribution in [3.8, 4) is 27.9 Å². The Morgan fingerprint density at radius 1 is 0.354 bits per heavy atom. The molecule has 1 aromatic heterocycles. The molecule has 0 aliphatic rings. The number of rotatable bonds is 6. The van der Waals surface area contributed by atoms with E-state index in [2.05, 4.69) is 204 Å². The molecule has 0 N–H and O–H groups in total. The summed E-state index contributed by atoms with van der Waals surface area (Å²) in [6.45, 7) is 0. The lowest BCUT2D eigenvalue weighted by Gasteiger charge is -2.26. The minimum absolute atomic E-state index is 1.10. The summed E-state index contributed by atoms with van der Waals surface area (Å²) in [7, 11) is 0. The summed E-state index contributed by atoms with van der Waals surface area (Å²) < 4.78 is 2.42. The van der Waals surface area contributed by atoms with Crippen molar-refractivity contribution >= 4 is 49.6 Å². The average molecular weight is 613 g/mol. The van der Waals surface area contributed by atoms with Gasteiger partial charge >= 0.3 is 0 Å². The number of fused-ring (bicyclic) bond motifs is 4. The lowest BCUT2D eigenvalue weighted by atomic mass is 9.97. The van der Waals surface area contributed by atoms with Gasteiger partial charge in [-0.25, -0.2) is 0 Å². The lowest BCUT2D eigenvalue weighted by molar-refractivity contribution is 1.18. The van der Waals surface area contributed by atoms with E-state index < -0.39 is 0 Å². The van der Waals surface area contributed by atoms with Gasteiger partial charge in [-0.2, -0.15) is 0 Å². The van der Waals surface area contributed by atoms with Gasteiger partial charge in [-0.1, -0.05) is 133 Å². The van der Waals surface area contributed by atoms with Crippen LogP contribution in [-0.2, 0) is 0 Å². The van der Waals surface area contributed by atoms with Crippen LogP contribution in [0.1, 0.15) is 0 Å². The van der Waals surface area contributed by atoms with Crippen molar-refractivity contribution in [2.75, 3.05) is 4.90 Å². The molecule has 0 radical (unpaired) electrons. The Bertz CT molecular complexity index is 2550. The monoisotopic (exact) mass is 612 g/mol. The fraction of sp³-hybridized carbons (Fsp3) is 0. The average Bonchev–Trinajstić information content (AvgIpc) is 3.50. The van der Waals surface area contributed by atoms with Gasteiger partial charge in [-0.05, 0) is 93.7 Å². The van der Waals surface area contributed by atoms with Gasteiger partial charge in [0.05, 0.1) is 11.0 Å². The minimum Gasteiger partial charge on any atom is -0.310 e. The molecule has 226 valence electrons. The normalized spacial score (nSPS) is 11.3. The third-order valence-corrected chi connectivity index (χ3v) is 9.33. The molecule has 0 spiro atoms. The Kier molecular flexibility index (Phi) is 6.84. The highest BCUT2D eigenvalue weighted by Crippen LogP contribution is 2.43. The van der Waals surface area contributed by atoms with Crippen molar-refractivity contribution < 1.29 is 0 Å². The highest BCUT2D eigenvalue weighted by atomic mass is 15.1. The van der Waals surface area contributed by atoms with Crippen LogP contribution in [0.25, 0.3) is 60.5 Å². The van der Waals surface area contributed by atoms with Crippen molar-refractivity contribution in [3.63, 3.8) is 0 Å². The molecule has 0 aliphatic heterocycles. The van der Waals surface area contributed by atoms with E-state index in [9.17, 15) is 0 Å². The predicted octanol–water partition coefficient (Wildman–Crippen LogP) is 12.7. The molecule has 0 unspecified atom stereocenters. The summed E-state index contributed by atoms with van der Waals surface area (Å²) >= 11 is 0. The number of anilines is 3. The number of nitrogens with zero attached hydrogens (tertiary/aromatic N) is 2. The van der Waals surface area contributed by atoms with Crippen LogP contribution in [0.15, 0.2) is 194 Å². The number of para-hydroxylation sites is 2. The van der Waals surface area contributed by atoms with E-state index in [4.69, 9.17) is 0 Å². The van der Waals surface area contributed by atoms with E-state index in [1.807, 2.05) is 0 Å². The largest absolute Gasteiger partial charge is 0.310 e. The first kappa shape index (κ1) is 27.9. The zero-order chi connectivity index (χ0) is 31.9. The van der Waals surface area contributed by atoms with Crippen molar-refractivity contribution in [1.82, 2.24) is 4.57 Å². The molecule has 9 rings (SSSR count). The summed E-state index contributed by atoms with van der Waals surface area (Å²) in [4.78, 5) is 2.36. The standard InChI is InChI=1S/C46H32N2/c1-4-14-33(15-5-1)36-18-12-23-40(31-36)47(38-19-6-2-7-20-38)41-28-29-43-45(32-41)48(39-21-8-3-9-22-39)44-25-13-24-42(46(43)44)37-27-26-34-16-10-11-17-35(34)30-37/h1-32H. The molecule has 0 atom stereocenters. The van der Waals surface area contributed by atoms with Gasteiger partial charge in [0.15, 0.2) is 0 Å². The number of hydrogen-bond donors (Lipinski definition) is 0. The maximum Gasteiger partial charge on any atom is 0.0562 e. The summed E-state index contributed by atoms with van der Waals surface area (Å²) in [5, 5.41) is 4.99. The van der Waals surface area contributed by atoms with Gasteiger partial charge in [0, 0.05) is 33.5 Å². The topological polar surface area (TPSA) is 8.17 Å². The SMILES string of the molecule is c1ccc(-c2cccc(N(c3ccccc3)c3ccc4c5c(-c6ccc7ccccc7c6)cccc5n(-c5ccccc5)c4c3)c2)cc1. The first-order valence-corrected chi connectivity index (χ1v) is 16.4. The van der Waals surface area contributed by atoms with Crippen LogP contribution in [0.3, 0.4) is 0 Å². The lowest BCUT2D eigenvalue weighted by Crippen LogP contribution is -2.10. The molecule has 9 aromatic rings. The quantitative estimate of drug-likeness (QED) is 0.181. The van der Waals surface area contributed by atoms with Gasteiger partial charge in [-0.3, -0.25) is 0 Å². The second-order valence-corrected chi connectivity index (χ2v) is 12.2. The highest BCUT2D eigenvalue weighted by molar-refractivity contribution is 6.17. The molecule has 0 fully saturated rings. The predicted molar refractivity (Wildman–Crippen MR) is 204 cm³/mol. The number of aromatic nitrogens is 1. The van der Waals surface area contributed by atoms with Crippen LogP contribution in [0.2, 0.25) is 0 Å². The van der Waals surface area contributed by atoms with Crippen LogP contribution < -0.4 is 4.90 Å². The number of hydrogen-bond acceptors (Lipinski definition) is 1. The second kappa shape index (κ2) is 11.8. The third-order valence-electron chi connectivity index (χ3n) is 9.33. The molecule has 0 saturated carbocycles. The van der Waals surface area contributed by atoms with E-state index >= 15 is 0 Å². The maximum absolute atomic E-state index is 2.42. The summed E-state index contributed by atoms with van der Waals surface area (Å²) in [6.07, 6.45) is 0. The summed E-state index contributed by atoms with van der Waals surface area (Å²) in [5.41, 5.74) is 11.7. The zero-order valence-corrected chi connectivity index (χ0v) is 26.4. The Morgan fingerprint density at radius 2 is 1.00 bits per heavy atom. The zero-order valence-electron chi connectivity index (χ0n) is 26.4. The number of benzene rings is 8. The smallest absolute Gasteiger partial charge is 0.0562 e. The van der Waals surface area contributed by atoms with Crippen molar-refractivity contribution in [2.45, 2.75) is 0 Å². The van der Waals surface area contributed by atoms with Gasteiger partial charge in [0.2, 0.25) is 0 Å². The van der Waals surface area contributed by atoms with E-state index in [0.717, 1.165) is 22.7 Å². The second-order valence-electron chi connectivity index (χ2n) is 12.2. The summed E-state index contributed by atoms with van der Waals surface area (Å²) in [5.74, 6) is 0. The molecule has 2 heteroatoms. The fourth-order valence-corrected chi connectivity index (χ4v) is 7.13. The maximum atomic E-state index is 2.42. The molecule has 48 heavy (non-hydrogen) atoms. The molecule has 0 saturated heterocycles. The Morgan fingerprint density at radius 3 is 1.81 bits per heavy atom. The van der Waals surface area contributed by atoms with E-state index in [0.29, 0.717) is 0 Å². The molecule has 0 bridgehead atoms. The Balaban J connectivity index is 1.30. The minimum atomic E-state index is 1.10. The van der Waals surface area contributed by atoms with Crippen molar-refractivity contribution in [2.24, 2.45) is 0 Å². The van der Waals surface area contributed by atoms with Gasteiger partial charge in [-0.15, -0.1) is 0 Å². The van der Waals surface area contributed by atoms with Crippen LogP contribution in [-0.4, -0.2) is 4.57 Å². The van der Waals surface area contributed by atoms with Crippen LogP contribution in [0.5, 0.6) is 0 Å². The van der Waals surface area contributed by atoms with Gasteiger partial charge in [0.1, 0.15) is 0 Å². The van der Waals surface area contributed by atoms with Crippen LogP contribution >= 0.6 is 0 Å². The Labute approximate surface area is 280 Å². The van der Waals surface area contributed by atoms with Gasteiger partial charge in [0.25, 0.3) is 0 Å². The molecule has 2 nitrogen and oxygen atoms in total. The molecule has 8 aromatic carbocycles. The van der Waals surface area contributed by atoms with Crippen molar-refractivity contribution in [3.05, 3.63) is 194 Å². The van der Waals surface area contributed by atoms with Crippen molar-refractivity contribution in [1.29, 1.82) is 0 Å². The highest BCUT2D eigenvalue weighted by Gasteiger charge is 2.20. The van der Waals surface area contributed by atoms with E-state index in [1.54, 1.807) is 0 Å². The molecule has 1 heterocycles. The first-order valence-electron chi connectivity index (χ1n) is 16.4. The fourth-order valence-electron chi connectivity index (χ4n) is 7.13. The molecular formula is C46H32N2. The van der Waals surface area contributed by atoms with E-state index in [-0.39, 0.29) is 0 Å². The molecular weight excluding hydrogens is 581 g/mol. The van der Waals surface area contributed by atoms with Crippen LogP contribution in [0.4, 0.5) is 17.1 Å². The first-order chi connectivity index (χ1) is 23.8. The van der Waals surface area contributed by atoms with E-state index in [1.165, 1.54) is 54.8 Å². The third kappa shape index (κ3) is 4.83. The van der Waals surface area contributed by atoms with Gasteiger partial charge < -0.3 is 9.47 Å². The molecule has 0 aliphatic carbocycles. The summed E-state index contributed by atoms with van der Waals surface area (Å²) in [6, 6.07) is 69.9. The Hall–Kier alpha value is -6.38. The van der Waals surface area contributed by atoms with Crippen LogP contribution in [0, 0.1) is 0 Å².